The Kier molecular flexibility index (Phi) is 5.59. The fourth-order valence-corrected chi connectivity index (χ4v) is 4.10. The number of amides is 2. The maximum Gasteiger partial charge on any atom is 0.317 e. The number of urea groups is 1. The zero-order chi connectivity index (χ0) is 19.5. The summed E-state index contributed by atoms with van der Waals surface area (Å²) in [5.74, 6) is 1.39. The fraction of sp³-hybridized carbons (Fsp3) is 0.619. The number of piperidine rings is 1. The van der Waals surface area contributed by atoms with Crippen molar-refractivity contribution in [1.82, 2.24) is 25.3 Å². The van der Waals surface area contributed by atoms with Crippen LogP contribution in [-0.4, -0.2) is 45.2 Å². The van der Waals surface area contributed by atoms with Gasteiger partial charge in [-0.15, -0.1) is 0 Å². The lowest BCUT2D eigenvalue weighted by Gasteiger charge is -2.32. The highest BCUT2D eigenvalue weighted by Crippen LogP contribution is 2.28. The first kappa shape index (κ1) is 18.9. The van der Waals surface area contributed by atoms with Gasteiger partial charge in [0, 0.05) is 30.7 Å². The largest absolute Gasteiger partial charge is 0.339 e. The predicted octanol–water partition coefficient (Wildman–Crippen LogP) is 3.97. The first-order valence-corrected chi connectivity index (χ1v) is 10.4. The van der Waals surface area contributed by atoms with E-state index >= 15 is 0 Å². The van der Waals surface area contributed by atoms with E-state index in [9.17, 15) is 4.79 Å². The second-order valence-electron chi connectivity index (χ2n) is 8.10. The summed E-state index contributed by atoms with van der Waals surface area (Å²) in [6, 6.07) is 4.38. The van der Waals surface area contributed by atoms with Crippen LogP contribution in [0.1, 0.15) is 68.0 Å². The van der Waals surface area contributed by atoms with Gasteiger partial charge in [0.05, 0.1) is 0 Å². The highest BCUT2D eigenvalue weighted by molar-refractivity contribution is 5.74. The molecule has 2 amide bonds. The van der Waals surface area contributed by atoms with Gasteiger partial charge >= 0.3 is 6.03 Å². The summed E-state index contributed by atoms with van der Waals surface area (Å²) in [4.78, 5) is 23.6. The molecule has 1 saturated heterocycles. The van der Waals surface area contributed by atoms with E-state index in [-0.39, 0.29) is 11.9 Å². The lowest BCUT2D eigenvalue weighted by molar-refractivity contribution is 0.169. The first-order valence-electron chi connectivity index (χ1n) is 10.4. The standard InChI is InChI=1S/C21H29N5O2/c1-14-8-9-18(22-15(14)2)19-24-20(28-25-19)16-10-12-26(13-11-16)21(27)23-17-6-4-3-5-7-17/h8-9,16-17H,3-7,10-13H2,1-2H3,(H,23,27). The van der Waals surface area contributed by atoms with E-state index in [0.29, 0.717) is 17.8 Å². The number of pyridine rings is 1. The van der Waals surface area contributed by atoms with Gasteiger partial charge in [-0.3, -0.25) is 0 Å². The number of nitrogens with one attached hydrogen (secondary N) is 1. The summed E-state index contributed by atoms with van der Waals surface area (Å²) in [6.07, 6.45) is 7.66. The third kappa shape index (κ3) is 4.18. The summed E-state index contributed by atoms with van der Waals surface area (Å²) in [5.41, 5.74) is 2.86. The third-order valence-electron chi connectivity index (χ3n) is 6.09. The molecule has 28 heavy (non-hydrogen) atoms. The van der Waals surface area contributed by atoms with E-state index in [0.717, 1.165) is 55.7 Å². The van der Waals surface area contributed by atoms with Crippen molar-refractivity contribution in [2.24, 2.45) is 0 Å². The van der Waals surface area contributed by atoms with Crippen molar-refractivity contribution >= 4 is 6.03 Å². The third-order valence-corrected chi connectivity index (χ3v) is 6.09. The maximum absolute atomic E-state index is 12.5. The number of hydrogen-bond donors (Lipinski definition) is 1. The van der Waals surface area contributed by atoms with Crippen LogP contribution >= 0.6 is 0 Å². The molecular weight excluding hydrogens is 354 g/mol. The molecule has 2 aromatic rings. The van der Waals surface area contributed by atoms with Crippen molar-refractivity contribution in [2.45, 2.75) is 70.8 Å². The van der Waals surface area contributed by atoms with Crippen LogP contribution in [0, 0.1) is 13.8 Å². The molecule has 0 aromatic carbocycles. The van der Waals surface area contributed by atoms with Crippen molar-refractivity contribution in [3.05, 3.63) is 29.3 Å². The summed E-state index contributed by atoms with van der Waals surface area (Å²) >= 11 is 0. The van der Waals surface area contributed by atoms with Crippen LogP contribution in [0.15, 0.2) is 16.7 Å². The lowest BCUT2D eigenvalue weighted by Crippen LogP contribution is -2.48. The fourth-order valence-electron chi connectivity index (χ4n) is 4.10. The Morgan fingerprint density at radius 1 is 1.07 bits per heavy atom. The zero-order valence-electron chi connectivity index (χ0n) is 16.8. The predicted molar refractivity (Wildman–Crippen MR) is 106 cm³/mol. The molecule has 7 nitrogen and oxygen atoms in total. The van der Waals surface area contributed by atoms with E-state index in [1.54, 1.807) is 0 Å². The van der Waals surface area contributed by atoms with Gasteiger partial charge in [-0.05, 0) is 51.2 Å². The molecule has 1 N–H and O–H groups in total. The van der Waals surface area contributed by atoms with Crippen molar-refractivity contribution in [1.29, 1.82) is 0 Å². The van der Waals surface area contributed by atoms with Crippen LogP contribution in [0.2, 0.25) is 0 Å². The molecular formula is C21H29N5O2. The monoisotopic (exact) mass is 383 g/mol. The van der Waals surface area contributed by atoms with Crippen molar-refractivity contribution in [2.75, 3.05) is 13.1 Å². The molecule has 2 aliphatic rings. The number of aromatic nitrogens is 3. The van der Waals surface area contributed by atoms with Gasteiger partial charge in [0.15, 0.2) is 0 Å². The summed E-state index contributed by atoms with van der Waals surface area (Å²) in [6.45, 7) is 5.46. The quantitative estimate of drug-likeness (QED) is 0.867. The average molecular weight is 383 g/mol. The van der Waals surface area contributed by atoms with Crippen molar-refractivity contribution < 1.29 is 9.32 Å². The van der Waals surface area contributed by atoms with Crippen molar-refractivity contribution in [3.63, 3.8) is 0 Å². The van der Waals surface area contributed by atoms with Gasteiger partial charge < -0.3 is 14.7 Å². The lowest BCUT2D eigenvalue weighted by atomic mass is 9.95. The molecule has 150 valence electrons. The zero-order valence-corrected chi connectivity index (χ0v) is 16.8. The second-order valence-corrected chi connectivity index (χ2v) is 8.10. The SMILES string of the molecule is Cc1ccc(-c2noc(C3CCN(C(=O)NC4CCCCC4)CC3)n2)nc1C. The molecule has 0 atom stereocenters. The molecule has 1 saturated carbocycles. The molecule has 0 radical (unpaired) electrons. The van der Waals surface area contributed by atoms with Crippen LogP contribution in [0.4, 0.5) is 4.79 Å². The van der Waals surface area contributed by atoms with Crippen LogP contribution in [0.25, 0.3) is 11.5 Å². The van der Waals surface area contributed by atoms with Gasteiger partial charge in [-0.25, -0.2) is 9.78 Å². The molecule has 7 heteroatoms. The molecule has 1 aliphatic carbocycles. The van der Waals surface area contributed by atoms with E-state index < -0.39 is 0 Å². The smallest absolute Gasteiger partial charge is 0.317 e. The topological polar surface area (TPSA) is 84.2 Å². The van der Waals surface area contributed by atoms with Gasteiger partial charge in [0.1, 0.15) is 5.69 Å². The summed E-state index contributed by atoms with van der Waals surface area (Å²) in [7, 11) is 0. The number of hydrogen-bond acceptors (Lipinski definition) is 5. The highest BCUT2D eigenvalue weighted by atomic mass is 16.5. The van der Waals surface area contributed by atoms with E-state index in [1.807, 2.05) is 30.9 Å². The Morgan fingerprint density at radius 3 is 2.54 bits per heavy atom. The number of rotatable bonds is 3. The van der Waals surface area contributed by atoms with Gasteiger partial charge in [-0.2, -0.15) is 4.98 Å². The molecule has 0 spiro atoms. The Balaban J connectivity index is 1.33. The number of likely N-dealkylation sites (tertiary alicyclic amines) is 1. The highest BCUT2D eigenvalue weighted by Gasteiger charge is 2.29. The molecule has 4 rings (SSSR count). The van der Waals surface area contributed by atoms with E-state index in [2.05, 4.69) is 20.4 Å². The maximum atomic E-state index is 12.5. The van der Waals surface area contributed by atoms with Crippen LogP contribution < -0.4 is 5.32 Å². The van der Waals surface area contributed by atoms with Crippen LogP contribution in [0.5, 0.6) is 0 Å². The summed E-state index contributed by atoms with van der Waals surface area (Å²) in [5, 5.41) is 7.33. The van der Waals surface area contributed by atoms with Crippen LogP contribution in [0.3, 0.4) is 0 Å². The number of nitrogens with zero attached hydrogens (tertiary/aromatic N) is 4. The van der Waals surface area contributed by atoms with Gasteiger partial charge in [0.25, 0.3) is 0 Å². The molecule has 0 bridgehead atoms. The Labute approximate surface area is 165 Å². The molecule has 3 heterocycles. The average Bonchev–Trinajstić information content (AvgIpc) is 3.21. The number of carbonyl (C=O) groups is 1. The number of aryl methyl sites for hydroxylation is 2. The molecule has 2 aromatic heterocycles. The Hall–Kier alpha value is -2.44. The van der Waals surface area contributed by atoms with Gasteiger partial charge in [-0.1, -0.05) is 30.5 Å². The van der Waals surface area contributed by atoms with Gasteiger partial charge in [0.2, 0.25) is 11.7 Å². The first-order chi connectivity index (χ1) is 13.6. The van der Waals surface area contributed by atoms with Crippen molar-refractivity contribution in [3.8, 4) is 11.5 Å². The summed E-state index contributed by atoms with van der Waals surface area (Å²) < 4.78 is 5.53. The normalized spacial score (nSPS) is 19.0. The van der Waals surface area contributed by atoms with Crippen LogP contribution in [-0.2, 0) is 0 Å². The van der Waals surface area contributed by atoms with E-state index in [4.69, 9.17) is 4.52 Å². The minimum absolute atomic E-state index is 0.0795. The molecule has 0 unspecified atom stereocenters. The minimum Gasteiger partial charge on any atom is -0.339 e. The Bertz CT molecular complexity index is 820. The molecule has 1 aliphatic heterocycles. The Morgan fingerprint density at radius 2 is 1.82 bits per heavy atom. The minimum atomic E-state index is 0.0795. The number of carbonyl (C=O) groups excluding carboxylic acids is 1. The molecule has 2 fully saturated rings. The second kappa shape index (κ2) is 8.29. The van der Waals surface area contributed by atoms with E-state index in [1.165, 1.54) is 19.3 Å².